The molecule has 0 amide bonds. The lowest BCUT2D eigenvalue weighted by molar-refractivity contribution is 0.289. The third kappa shape index (κ3) is 3.22. The first kappa shape index (κ1) is 14.0. The topological polar surface area (TPSA) is 79.1 Å². The fraction of sp³-hybridized carbons (Fsp3) is 0.467. The largest absolute Gasteiger partial charge is 0.368 e. The molecule has 112 valence electrons. The van der Waals surface area contributed by atoms with Gasteiger partial charge in [-0.1, -0.05) is 19.1 Å². The van der Waals surface area contributed by atoms with Crippen molar-refractivity contribution in [3.63, 3.8) is 0 Å². The first-order chi connectivity index (χ1) is 10.3. The van der Waals surface area contributed by atoms with Gasteiger partial charge < -0.3 is 5.32 Å². The Morgan fingerprint density at radius 3 is 2.81 bits per heavy atom. The Labute approximate surface area is 124 Å². The lowest BCUT2D eigenvalue weighted by Crippen LogP contribution is -2.31. The molecule has 3 rings (SSSR count). The molecule has 1 saturated carbocycles. The third-order valence-corrected chi connectivity index (χ3v) is 3.89. The number of hydrazine groups is 1. The highest BCUT2D eigenvalue weighted by Gasteiger charge is 2.27. The van der Waals surface area contributed by atoms with E-state index in [1.165, 1.54) is 12.8 Å². The number of likely N-dealkylation sites (N-methyl/N-ethyl adjacent to an activating group) is 1. The molecule has 0 bridgehead atoms. The second-order valence-electron chi connectivity index (χ2n) is 5.34. The molecule has 2 aromatic rings. The van der Waals surface area contributed by atoms with Crippen LogP contribution in [0.25, 0.3) is 10.9 Å². The zero-order valence-corrected chi connectivity index (χ0v) is 12.3. The SMILES string of the molecule is CCN(CCNc1nc(NN)nc2ccccc12)C1CC1. The van der Waals surface area contributed by atoms with E-state index in [2.05, 4.69) is 32.5 Å². The van der Waals surface area contributed by atoms with Crippen molar-refractivity contribution in [3.05, 3.63) is 24.3 Å². The van der Waals surface area contributed by atoms with Crippen molar-refractivity contribution in [2.75, 3.05) is 30.4 Å². The van der Waals surface area contributed by atoms with Crippen molar-refractivity contribution >= 4 is 22.7 Å². The molecule has 0 saturated heterocycles. The molecule has 6 nitrogen and oxygen atoms in total. The highest BCUT2D eigenvalue weighted by Crippen LogP contribution is 2.26. The second kappa shape index (κ2) is 6.24. The van der Waals surface area contributed by atoms with Crippen molar-refractivity contribution < 1.29 is 0 Å². The molecule has 1 heterocycles. The van der Waals surface area contributed by atoms with Crippen LogP contribution in [0, 0.1) is 0 Å². The number of hydrogen-bond acceptors (Lipinski definition) is 6. The summed E-state index contributed by atoms with van der Waals surface area (Å²) < 4.78 is 0. The fourth-order valence-corrected chi connectivity index (χ4v) is 2.63. The van der Waals surface area contributed by atoms with Gasteiger partial charge in [-0.15, -0.1) is 0 Å². The minimum absolute atomic E-state index is 0.436. The summed E-state index contributed by atoms with van der Waals surface area (Å²) in [4.78, 5) is 11.3. The number of benzene rings is 1. The third-order valence-electron chi connectivity index (χ3n) is 3.89. The van der Waals surface area contributed by atoms with Crippen LogP contribution in [0.5, 0.6) is 0 Å². The average molecular weight is 286 g/mol. The van der Waals surface area contributed by atoms with Crippen LogP contribution in [0.1, 0.15) is 19.8 Å². The highest BCUT2D eigenvalue weighted by molar-refractivity contribution is 5.89. The van der Waals surface area contributed by atoms with Gasteiger partial charge in [-0.05, 0) is 31.5 Å². The van der Waals surface area contributed by atoms with Gasteiger partial charge >= 0.3 is 0 Å². The molecule has 0 atom stereocenters. The summed E-state index contributed by atoms with van der Waals surface area (Å²) in [6.45, 7) is 5.22. The predicted octanol–water partition coefficient (Wildman–Crippen LogP) is 1.81. The van der Waals surface area contributed by atoms with E-state index in [-0.39, 0.29) is 0 Å². The van der Waals surface area contributed by atoms with Gasteiger partial charge in [-0.3, -0.25) is 10.3 Å². The molecule has 6 heteroatoms. The normalized spacial score (nSPS) is 14.6. The molecule has 1 aromatic carbocycles. The number of nitrogens with one attached hydrogen (secondary N) is 2. The van der Waals surface area contributed by atoms with Gasteiger partial charge in [-0.25, -0.2) is 10.8 Å². The predicted molar refractivity (Wildman–Crippen MR) is 86.1 cm³/mol. The van der Waals surface area contributed by atoms with Gasteiger partial charge in [0.25, 0.3) is 0 Å². The number of nitrogens with zero attached hydrogens (tertiary/aromatic N) is 3. The molecule has 4 N–H and O–H groups in total. The standard InChI is InChI=1S/C15H22N6/c1-2-21(11-7-8-11)10-9-17-14-12-5-3-4-6-13(12)18-15(19-14)20-16/h3-6,11H,2,7-10,16H2,1H3,(H2,17,18,19,20). The van der Waals surface area contributed by atoms with E-state index in [1.807, 2.05) is 24.3 Å². The van der Waals surface area contributed by atoms with E-state index in [0.29, 0.717) is 5.95 Å². The number of fused-ring (bicyclic) bond motifs is 1. The van der Waals surface area contributed by atoms with Gasteiger partial charge in [0.2, 0.25) is 5.95 Å². The zero-order chi connectivity index (χ0) is 14.7. The number of aromatic nitrogens is 2. The Morgan fingerprint density at radius 2 is 2.10 bits per heavy atom. The van der Waals surface area contributed by atoms with Crippen molar-refractivity contribution in [2.45, 2.75) is 25.8 Å². The van der Waals surface area contributed by atoms with Crippen LogP contribution < -0.4 is 16.6 Å². The quantitative estimate of drug-likeness (QED) is 0.532. The number of hydrogen-bond donors (Lipinski definition) is 3. The van der Waals surface area contributed by atoms with Crippen molar-refractivity contribution in [2.24, 2.45) is 5.84 Å². The lowest BCUT2D eigenvalue weighted by atomic mass is 10.2. The lowest BCUT2D eigenvalue weighted by Gasteiger charge is -2.20. The second-order valence-corrected chi connectivity index (χ2v) is 5.34. The number of para-hydroxylation sites is 1. The minimum atomic E-state index is 0.436. The Balaban J connectivity index is 1.73. The molecular weight excluding hydrogens is 264 g/mol. The summed E-state index contributed by atoms with van der Waals surface area (Å²) in [5, 5.41) is 4.44. The first-order valence-electron chi connectivity index (χ1n) is 7.53. The monoisotopic (exact) mass is 286 g/mol. The molecule has 0 unspecified atom stereocenters. The van der Waals surface area contributed by atoms with Crippen LogP contribution in [0.15, 0.2) is 24.3 Å². The zero-order valence-electron chi connectivity index (χ0n) is 12.3. The number of nitrogens with two attached hydrogens (primary N) is 1. The first-order valence-corrected chi connectivity index (χ1v) is 7.53. The molecule has 0 radical (unpaired) electrons. The summed E-state index contributed by atoms with van der Waals surface area (Å²) >= 11 is 0. The smallest absolute Gasteiger partial charge is 0.239 e. The van der Waals surface area contributed by atoms with E-state index >= 15 is 0 Å². The summed E-state index contributed by atoms with van der Waals surface area (Å²) in [6.07, 6.45) is 2.68. The van der Waals surface area contributed by atoms with Crippen LogP contribution in [-0.2, 0) is 0 Å². The van der Waals surface area contributed by atoms with E-state index < -0.39 is 0 Å². The summed E-state index contributed by atoms with van der Waals surface area (Å²) in [5.74, 6) is 6.71. The highest BCUT2D eigenvalue weighted by atomic mass is 15.3. The Morgan fingerprint density at radius 1 is 1.29 bits per heavy atom. The van der Waals surface area contributed by atoms with Crippen LogP contribution in [0.4, 0.5) is 11.8 Å². The Bertz CT molecular complexity index is 610. The average Bonchev–Trinajstić information content (AvgIpc) is 3.36. The molecular formula is C15H22N6. The van der Waals surface area contributed by atoms with E-state index in [1.54, 1.807) is 0 Å². The summed E-state index contributed by atoms with van der Waals surface area (Å²) in [6, 6.07) is 8.74. The minimum Gasteiger partial charge on any atom is -0.368 e. The molecule has 21 heavy (non-hydrogen) atoms. The molecule has 1 aromatic heterocycles. The van der Waals surface area contributed by atoms with Gasteiger partial charge in [0, 0.05) is 24.5 Å². The molecule has 1 aliphatic carbocycles. The Kier molecular flexibility index (Phi) is 4.17. The maximum absolute atomic E-state index is 5.45. The summed E-state index contributed by atoms with van der Waals surface area (Å²) in [7, 11) is 0. The molecule has 0 spiro atoms. The van der Waals surface area contributed by atoms with Gasteiger partial charge in [-0.2, -0.15) is 4.98 Å². The molecule has 1 aliphatic rings. The number of nitrogen functional groups attached to an aromatic ring is 1. The number of rotatable bonds is 7. The number of anilines is 2. The van der Waals surface area contributed by atoms with E-state index in [9.17, 15) is 0 Å². The Hall–Kier alpha value is -1.92. The summed E-state index contributed by atoms with van der Waals surface area (Å²) in [5.41, 5.74) is 3.41. The maximum Gasteiger partial charge on any atom is 0.239 e. The van der Waals surface area contributed by atoms with Crippen LogP contribution in [0.3, 0.4) is 0 Å². The van der Waals surface area contributed by atoms with Crippen molar-refractivity contribution in [1.82, 2.24) is 14.9 Å². The van der Waals surface area contributed by atoms with Gasteiger partial charge in [0.05, 0.1) is 5.52 Å². The van der Waals surface area contributed by atoms with E-state index in [4.69, 9.17) is 5.84 Å². The van der Waals surface area contributed by atoms with Crippen molar-refractivity contribution in [3.8, 4) is 0 Å². The van der Waals surface area contributed by atoms with Crippen LogP contribution in [0.2, 0.25) is 0 Å². The van der Waals surface area contributed by atoms with E-state index in [0.717, 1.165) is 42.4 Å². The van der Waals surface area contributed by atoms with Crippen LogP contribution >= 0.6 is 0 Å². The maximum atomic E-state index is 5.45. The molecule has 0 aliphatic heterocycles. The van der Waals surface area contributed by atoms with Crippen LogP contribution in [-0.4, -0.2) is 40.5 Å². The van der Waals surface area contributed by atoms with Crippen molar-refractivity contribution in [1.29, 1.82) is 0 Å². The van der Waals surface area contributed by atoms with Gasteiger partial charge in [0.1, 0.15) is 5.82 Å². The molecule has 1 fully saturated rings. The van der Waals surface area contributed by atoms with Gasteiger partial charge in [0.15, 0.2) is 0 Å². The fourth-order valence-electron chi connectivity index (χ4n) is 2.63.